The number of hydrogen-bond donors (Lipinski definition) is 1. The molecule has 1 aliphatic heterocycles. The lowest BCUT2D eigenvalue weighted by molar-refractivity contribution is -0.385. The number of esters is 1. The summed E-state index contributed by atoms with van der Waals surface area (Å²) in [5.41, 5.74) is 0.392. The Bertz CT molecular complexity index is 469. The fourth-order valence-electron chi connectivity index (χ4n) is 2.11. The zero-order chi connectivity index (χ0) is 13.7. The van der Waals surface area contributed by atoms with E-state index in [0.717, 1.165) is 25.8 Å². The van der Waals surface area contributed by atoms with Crippen molar-refractivity contribution in [1.82, 2.24) is 5.32 Å². The van der Waals surface area contributed by atoms with Gasteiger partial charge in [0.25, 0.3) is 5.69 Å². The van der Waals surface area contributed by atoms with Crippen molar-refractivity contribution in [2.75, 3.05) is 6.54 Å². The summed E-state index contributed by atoms with van der Waals surface area (Å²) < 4.78 is 5.15. The molecule has 6 heteroatoms. The van der Waals surface area contributed by atoms with Crippen LogP contribution in [-0.2, 0) is 16.1 Å². The van der Waals surface area contributed by atoms with Gasteiger partial charge in [-0.3, -0.25) is 14.9 Å². The van der Waals surface area contributed by atoms with Gasteiger partial charge in [0, 0.05) is 6.07 Å². The summed E-state index contributed by atoms with van der Waals surface area (Å²) in [6, 6.07) is 6.00. The largest absolute Gasteiger partial charge is 0.459 e. The molecule has 1 aromatic rings. The van der Waals surface area contributed by atoms with Gasteiger partial charge in [0.1, 0.15) is 12.6 Å². The Labute approximate surface area is 110 Å². The fraction of sp³-hybridized carbons (Fsp3) is 0.462. The van der Waals surface area contributed by atoms with Crippen LogP contribution in [0.2, 0.25) is 0 Å². The van der Waals surface area contributed by atoms with E-state index in [1.54, 1.807) is 18.2 Å². The molecular weight excluding hydrogens is 248 g/mol. The van der Waals surface area contributed by atoms with Crippen molar-refractivity contribution in [3.63, 3.8) is 0 Å². The Morgan fingerprint density at radius 1 is 1.42 bits per heavy atom. The van der Waals surface area contributed by atoms with E-state index >= 15 is 0 Å². The Balaban J connectivity index is 1.94. The Hall–Kier alpha value is -1.95. The van der Waals surface area contributed by atoms with Gasteiger partial charge in [0.05, 0.1) is 10.5 Å². The molecule has 0 amide bonds. The molecule has 1 aliphatic rings. The van der Waals surface area contributed by atoms with Gasteiger partial charge in [-0.1, -0.05) is 18.6 Å². The van der Waals surface area contributed by atoms with Gasteiger partial charge in [-0.15, -0.1) is 0 Å². The standard InChI is InChI=1S/C13H16N2O4/c16-13(11-6-3-4-8-14-11)19-9-10-5-1-2-7-12(10)15(17)18/h1-2,5,7,11,14H,3-4,6,8-9H2. The highest BCUT2D eigenvalue weighted by Crippen LogP contribution is 2.19. The average molecular weight is 264 g/mol. The third-order valence-electron chi connectivity index (χ3n) is 3.15. The molecule has 1 fully saturated rings. The van der Waals surface area contributed by atoms with Gasteiger partial charge in [-0.25, -0.2) is 0 Å². The van der Waals surface area contributed by atoms with Crippen LogP contribution in [0, 0.1) is 10.1 Å². The second kappa shape index (κ2) is 6.29. The molecule has 6 nitrogen and oxygen atoms in total. The summed E-state index contributed by atoms with van der Waals surface area (Å²) in [4.78, 5) is 22.1. The van der Waals surface area contributed by atoms with Gasteiger partial charge in [0.15, 0.2) is 0 Å². The summed E-state index contributed by atoms with van der Waals surface area (Å²) in [7, 11) is 0. The summed E-state index contributed by atoms with van der Waals surface area (Å²) >= 11 is 0. The van der Waals surface area contributed by atoms with E-state index < -0.39 is 4.92 Å². The lowest BCUT2D eigenvalue weighted by Gasteiger charge is -2.21. The summed E-state index contributed by atoms with van der Waals surface area (Å²) in [6.07, 6.45) is 2.82. The number of nitro benzene ring substituents is 1. The molecule has 1 aromatic carbocycles. The number of piperidine rings is 1. The number of benzene rings is 1. The normalized spacial score (nSPS) is 18.8. The minimum atomic E-state index is -0.470. The van der Waals surface area contributed by atoms with Gasteiger partial charge < -0.3 is 10.1 Å². The predicted octanol–water partition coefficient (Wildman–Crippen LogP) is 1.78. The number of nitrogens with zero attached hydrogens (tertiary/aromatic N) is 1. The van der Waals surface area contributed by atoms with Crippen molar-refractivity contribution < 1.29 is 14.5 Å². The van der Waals surface area contributed by atoms with Crippen LogP contribution in [0.25, 0.3) is 0 Å². The van der Waals surface area contributed by atoms with Crippen LogP contribution >= 0.6 is 0 Å². The minimum Gasteiger partial charge on any atom is -0.459 e. The molecule has 19 heavy (non-hydrogen) atoms. The monoisotopic (exact) mass is 264 g/mol. The number of carbonyl (C=O) groups excluding carboxylic acids is 1. The zero-order valence-corrected chi connectivity index (χ0v) is 10.5. The molecule has 2 rings (SSSR count). The SMILES string of the molecule is O=C(OCc1ccccc1[N+](=O)[O-])C1CCCCN1. The molecule has 0 spiro atoms. The molecule has 1 heterocycles. The van der Waals surface area contributed by atoms with Crippen molar-refractivity contribution >= 4 is 11.7 Å². The first-order valence-corrected chi connectivity index (χ1v) is 6.31. The lowest BCUT2D eigenvalue weighted by atomic mass is 10.1. The maximum Gasteiger partial charge on any atom is 0.323 e. The van der Waals surface area contributed by atoms with Crippen LogP contribution in [0.4, 0.5) is 5.69 Å². The zero-order valence-electron chi connectivity index (χ0n) is 10.5. The molecule has 1 unspecified atom stereocenters. The fourth-order valence-corrected chi connectivity index (χ4v) is 2.11. The number of para-hydroxylation sites is 1. The number of carbonyl (C=O) groups is 1. The Kier molecular flexibility index (Phi) is 4.46. The number of nitro groups is 1. The van der Waals surface area contributed by atoms with Crippen molar-refractivity contribution in [2.24, 2.45) is 0 Å². The van der Waals surface area contributed by atoms with E-state index in [0.29, 0.717) is 5.56 Å². The molecule has 1 atom stereocenters. The maximum atomic E-state index is 11.8. The first-order valence-electron chi connectivity index (χ1n) is 6.31. The van der Waals surface area contributed by atoms with Crippen LogP contribution in [-0.4, -0.2) is 23.5 Å². The van der Waals surface area contributed by atoms with Crippen LogP contribution in [0.15, 0.2) is 24.3 Å². The highest BCUT2D eigenvalue weighted by atomic mass is 16.6. The quantitative estimate of drug-likeness (QED) is 0.509. The van der Waals surface area contributed by atoms with Crippen molar-refractivity contribution in [1.29, 1.82) is 0 Å². The van der Waals surface area contributed by atoms with Crippen molar-refractivity contribution in [2.45, 2.75) is 31.9 Å². The Morgan fingerprint density at radius 2 is 2.21 bits per heavy atom. The van der Waals surface area contributed by atoms with E-state index in [9.17, 15) is 14.9 Å². The topological polar surface area (TPSA) is 81.5 Å². The van der Waals surface area contributed by atoms with Crippen LogP contribution < -0.4 is 5.32 Å². The van der Waals surface area contributed by atoms with Crippen LogP contribution in [0.3, 0.4) is 0 Å². The van der Waals surface area contributed by atoms with Crippen molar-refractivity contribution in [3.8, 4) is 0 Å². The molecule has 0 radical (unpaired) electrons. The first kappa shape index (κ1) is 13.5. The maximum absolute atomic E-state index is 11.8. The first-order chi connectivity index (χ1) is 9.18. The van der Waals surface area contributed by atoms with E-state index in [2.05, 4.69) is 5.32 Å². The van der Waals surface area contributed by atoms with Crippen LogP contribution in [0.1, 0.15) is 24.8 Å². The molecule has 0 saturated carbocycles. The minimum absolute atomic E-state index is 0.0214. The van der Waals surface area contributed by atoms with Crippen LogP contribution in [0.5, 0.6) is 0 Å². The van der Waals surface area contributed by atoms with Gasteiger partial charge in [-0.2, -0.15) is 0 Å². The highest BCUT2D eigenvalue weighted by Gasteiger charge is 2.22. The van der Waals surface area contributed by atoms with Gasteiger partial charge in [0.2, 0.25) is 0 Å². The molecule has 0 aliphatic carbocycles. The second-order valence-electron chi connectivity index (χ2n) is 4.50. The number of nitrogens with one attached hydrogen (secondary N) is 1. The van der Waals surface area contributed by atoms with E-state index in [-0.39, 0.29) is 24.3 Å². The summed E-state index contributed by atoms with van der Waals surface area (Å²) in [5, 5.41) is 13.9. The third-order valence-corrected chi connectivity index (χ3v) is 3.15. The molecular formula is C13H16N2O4. The smallest absolute Gasteiger partial charge is 0.323 e. The summed E-state index contributed by atoms with van der Waals surface area (Å²) in [5.74, 6) is -0.335. The lowest BCUT2D eigenvalue weighted by Crippen LogP contribution is -2.41. The Morgan fingerprint density at radius 3 is 2.89 bits per heavy atom. The number of rotatable bonds is 4. The summed E-state index contributed by atoms with van der Waals surface area (Å²) in [6.45, 7) is 0.749. The highest BCUT2D eigenvalue weighted by molar-refractivity contribution is 5.75. The molecule has 0 aromatic heterocycles. The van der Waals surface area contributed by atoms with Crippen molar-refractivity contribution in [3.05, 3.63) is 39.9 Å². The van der Waals surface area contributed by atoms with E-state index in [1.165, 1.54) is 6.07 Å². The molecule has 1 N–H and O–H groups in total. The third kappa shape index (κ3) is 3.51. The number of ether oxygens (including phenoxy) is 1. The van der Waals surface area contributed by atoms with Gasteiger partial charge >= 0.3 is 5.97 Å². The predicted molar refractivity (Wildman–Crippen MR) is 68.5 cm³/mol. The molecule has 102 valence electrons. The average Bonchev–Trinajstić information content (AvgIpc) is 2.46. The van der Waals surface area contributed by atoms with E-state index in [4.69, 9.17) is 4.74 Å². The number of hydrogen-bond acceptors (Lipinski definition) is 5. The van der Waals surface area contributed by atoms with E-state index in [1.807, 2.05) is 0 Å². The van der Waals surface area contributed by atoms with Gasteiger partial charge in [-0.05, 0) is 25.5 Å². The molecule has 0 bridgehead atoms. The molecule has 1 saturated heterocycles. The second-order valence-corrected chi connectivity index (χ2v) is 4.50.